The number of nitriles is 1. The van der Waals surface area contributed by atoms with Crippen molar-refractivity contribution in [2.24, 2.45) is 0 Å². The van der Waals surface area contributed by atoms with Gasteiger partial charge in [-0.2, -0.15) is 5.26 Å². The molecule has 2 N–H and O–H groups in total. The van der Waals surface area contributed by atoms with Crippen LogP contribution in [-0.4, -0.2) is 19.1 Å². The lowest BCUT2D eigenvalue weighted by Crippen LogP contribution is -2.46. The molecule has 35 heavy (non-hydrogen) atoms. The minimum Gasteiger partial charge on any atom is -0.497 e. The van der Waals surface area contributed by atoms with Crippen LogP contribution in [0.5, 0.6) is 5.75 Å². The summed E-state index contributed by atoms with van der Waals surface area (Å²) in [5.74, 6) is 0.210. The predicted molar refractivity (Wildman–Crippen MR) is 130 cm³/mol. The molecule has 4 rings (SSSR count). The Bertz CT molecular complexity index is 1290. The zero-order chi connectivity index (χ0) is 24.6. The number of amides is 2. The Hall–Kier alpha value is -4.57. The molecule has 1 aliphatic heterocycles. The quantitative estimate of drug-likeness (QED) is 0.474. The Balaban J connectivity index is 1.63. The summed E-state index contributed by atoms with van der Waals surface area (Å²) in [6.45, 7) is 0.0104. The van der Waals surface area contributed by atoms with Gasteiger partial charge in [0.15, 0.2) is 0 Å². The number of hydrogen-bond donors (Lipinski definition) is 2. The zero-order valence-corrected chi connectivity index (χ0v) is 19.3. The number of benzene rings is 3. The van der Waals surface area contributed by atoms with Crippen LogP contribution < -0.4 is 15.4 Å². The first-order valence-corrected chi connectivity index (χ1v) is 11.2. The van der Waals surface area contributed by atoms with Crippen LogP contribution in [0.1, 0.15) is 34.7 Å². The second kappa shape index (κ2) is 11.0. The van der Waals surface area contributed by atoms with Gasteiger partial charge in [0.1, 0.15) is 12.4 Å². The monoisotopic (exact) mass is 467 g/mol. The number of allylic oxidation sites excluding steroid dienone is 1. The fraction of sp³-hybridized carbons (Fsp3) is 0.179. The first-order valence-electron chi connectivity index (χ1n) is 11.2. The first kappa shape index (κ1) is 23.6. The number of ether oxygens (including phenoxy) is 2. The van der Waals surface area contributed by atoms with E-state index in [1.54, 1.807) is 31.4 Å². The van der Waals surface area contributed by atoms with E-state index in [4.69, 9.17) is 14.7 Å². The molecule has 2 amide bonds. The highest BCUT2D eigenvalue weighted by atomic mass is 16.5. The van der Waals surface area contributed by atoms with Gasteiger partial charge in [0.25, 0.3) is 0 Å². The summed E-state index contributed by atoms with van der Waals surface area (Å²) >= 11 is 0. The Morgan fingerprint density at radius 1 is 0.971 bits per heavy atom. The van der Waals surface area contributed by atoms with E-state index >= 15 is 0 Å². The van der Waals surface area contributed by atoms with Crippen LogP contribution >= 0.6 is 0 Å². The zero-order valence-electron chi connectivity index (χ0n) is 19.3. The molecule has 7 heteroatoms. The van der Waals surface area contributed by atoms with E-state index < -0.39 is 12.0 Å². The average Bonchev–Trinajstić information content (AvgIpc) is 2.91. The molecule has 1 unspecified atom stereocenters. The van der Waals surface area contributed by atoms with Crippen LogP contribution in [0, 0.1) is 11.3 Å². The molecule has 0 saturated heterocycles. The molecular formula is C28H25N3O4. The Morgan fingerprint density at radius 3 is 2.51 bits per heavy atom. The van der Waals surface area contributed by atoms with Crippen LogP contribution in [0.25, 0.3) is 0 Å². The van der Waals surface area contributed by atoms with Crippen molar-refractivity contribution in [1.29, 1.82) is 5.26 Å². The van der Waals surface area contributed by atoms with Crippen LogP contribution in [0.4, 0.5) is 4.79 Å². The summed E-state index contributed by atoms with van der Waals surface area (Å²) in [6.07, 6.45) is 1.02. The van der Waals surface area contributed by atoms with E-state index in [-0.39, 0.29) is 12.6 Å². The third-order valence-corrected chi connectivity index (χ3v) is 5.73. The number of carbonyl (C=O) groups excluding carboxylic acids is 2. The van der Waals surface area contributed by atoms with Gasteiger partial charge in [-0.3, -0.25) is 0 Å². The molecule has 7 nitrogen and oxygen atoms in total. The third-order valence-electron chi connectivity index (χ3n) is 5.73. The van der Waals surface area contributed by atoms with Crippen molar-refractivity contribution in [2.45, 2.75) is 25.5 Å². The highest BCUT2D eigenvalue weighted by Crippen LogP contribution is 2.30. The van der Waals surface area contributed by atoms with E-state index in [0.717, 1.165) is 16.9 Å². The van der Waals surface area contributed by atoms with Gasteiger partial charge in [-0.15, -0.1) is 0 Å². The number of aryl methyl sites for hydroxylation is 1. The SMILES string of the molecule is COc1cccc(CCC2=C(C(=O)OCc3cccc(C#N)c3)C(c3ccccc3)NC(=O)N2)c1. The largest absolute Gasteiger partial charge is 0.497 e. The number of esters is 1. The fourth-order valence-corrected chi connectivity index (χ4v) is 4.01. The standard InChI is InChI=1S/C28H25N3O4/c1-34-23-12-6-7-19(16-23)13-14-24-25(26(31-28(33)30-24)22-10-3-2-4-11-22)27(32)35-18-21-9-5-8-20(15-21)17-29/h2-12,15-16,26H,13-14,18H2,1H3,(H2,30,31,33). The summed E-state index contributed by atoms with van der Waals surface area (Å²) in [5.41, 5.74) is 3.86. The first-order chi connectivity index (χ1) is 17.1. The maximum Gasteiger partial charge on any atom is 0.338 e. The lowest BCUT2D eigenvalue weighted by molar-refractivity contribution is -0.140. The highest BCUT2D eigenvalue weighted by molar-refractivity contribution is 5.95. The molecule has 0 aromatic heterocycles. The molecule has 3 aromatic carbocycles. The second-order valence-corrected chi connectivity index (χ2v) is 8.07. The van der Waals surface area contributed by atoms with Gasteiger partial charge in [-0.05, 0) is 53.8 Å². The molecule has 0 saturated carbocycles. The van der Waals surface area contributed by atoms with E-state index in [2.05, 4.69) is 16.7 Å². The van der Waals surface area contributed by atoms with Crippen molar-refractivity contribution < 1.29 is 19.1 Å². The fourth-order valence-electron chi connectivity index (χ4n) is 4.01. The maximum absolute atomic E-state index is 13.4. The summed E-state index contributed by atoms with van der Waals surface area (Å²) in [4.78, 5) is 25.9. The maximum atomic E-state index is 13.4. The van der Waals surface area contributed by atoms with E-state index in [0.29, 0.717) is 35.2 Å². The minimum atomic E-state index is -0.650. The van der Waals surface area contributed by atoms with Gasteiger partial charge >= 0.3 is 12.0 Å². The lowest BCUT2D eigenvalue weighted by Gasteiger charge is -2.29. The molecule has 3 aromatic rings. The third kappa shape index (κ3) is 5.87. The number of urea groups is 1. The molecule has 0 bridgehead atoms. The molecule has 1 atom stereocenters. The van der Waals surface area contributed by atoms with Gasteiger partial charge in [0, 0.05) is 5.70 Å². The van der Waals surface area contributed by atoms with Gasteiger partial charge in [0.2, 0.25) is 0 Å². The topological polar surface area (TPSA) is 100 Å². The number of methoxy groups -OCH3 is 1. The predicted octanol–water partition coefficient (Wildman–Crippen LogP) is 4.55. The smallest absolute Gasteiger partial charge is 0.338 e. The molecule has 176 valence electrons. The molecule has 0 aliphatic carbocycles. The van der Waals surface area contributed by atoms with E-state index in [9.17, 15) is 9.59 Å². The number of rotatable bonds is 8. The van der Waals surface area contributed by atoms with Gasteiger partial charge in [-0.25, -0.2) is 9.59 Å². The van der Waals surface area contributed by atoms with Crippen molar-refractivity contribution in [3.05, 3.63) is 112 Å². The normalized spacial score (nSPS) is 15.0. The van der Waals surface area contributed by atoms with Gasteiger partial charge in [-0.1, -0.05) is 54.6 Å². The summed E-state index contributed by atoms with van der Waals surface area (Å²) in [5, 5.41) is 14.8. The molecule has 1 heterocycles. The van der Waals surface area contributed by atoms with E-state index in [1.807, 2.05) is 54.6 Å². The molecule has 1 aliphatic rings. The van der Waals surface area contributed by atoms with Gasteiger partial charge < -0.3 is 20.1 Å². The lowest BCUT2D eigenvalue weighted by atomic mass is 9.93. The minimum absolute atomic E-state index is 0.0104. The average molecular weight is 468 g/mol. The van der Waals surface area contributed by atoms with Crippen molar-refractivity contribution in [1.82, 2.24) is 10.6 Å². The summed E-state index contributed by atoms with van der Waals surface area (Å²) in [7, 11) is 1.61. The van der Waals surface area contributed by atoms with E-state index in [1.165, 1.54) is 0 Å². The number of carbonyl (C=O) groups is 2. The summed E-state index contributed by atoms with van der Waals surface area (Å²) in [6, 6.07) is 24.9. The Kier molecular flexibility index (Phi) is 7.44. The number of nitrogens with one attached hydrogen (secondary N) is 2. The summed E-state index contributed by atoms with van der Waals surface area (Å²) < 4.78 is 11.0. The van der Waals surface area contributed by atoms with Crippen LogP contribution in [0.2, 0.25) is 0 Å². The van der Waals surface area contributed by atoms with Crippen molar-refractivity contribution >= 4 is 12.0 Å². The Morgan fingerprint density at radius 2 is 1.74 bits per heavy atom. The number of nitrogens with zero attached hydrogens (tertiary/aromatic N) is 1. The van der Waals surface area contributed by atoms with Gasteiger partial charge in [0.05, 0.1) is 30.4 Å². The molecule has 0 fully saturated rings. The van der Waals surface area contributed by atoms with Crippen LogP contribution in [0.15, 0.2) is 90.1 Å². The second-order valence-electron chi connectivity index (χ2n) is 8.07. The highest BCUT2D eigenvalue weighted by Gasteiger charge is 2.33. The van der Waals surface area contributed by atoms with Crippen molar-refractivity contribution in [3.63, 3.8) is 0 Å². The molecular weight excluding hydrogens is 442 g/mol. The van der Waals surface area contributed by atoms with Crippen molar-refractivity contribution in [3.8, 4) is 11.8 Å². The molecule has 0 spiro atoms. The number of hydrogen-bond acceptors (Lipinski definition) is 5. The van der Waals surface area contributed by atoms with Crippen LogP contribution in [-0.2, 0) is 22.6 Å². The molecule has 0 radical (unpaired) electrons. The van der Waals surface area contributed by atoms with Crippen molar-refractivity contribution in [2.75, 3.05) is 7.11 Å². The van der Waals surface area contributed by atoms with Crippen LogP contribution in [0.3, 0.4) is 0 Å². The Labute approximate surface area is 204 Å².